The maximum Gasteiger partial charge on any atom is 0.462 e. The third kappa shape index (κ3) is 7.52. The Morgan fingerprint density at radius 2 is 0.844 bits per heavy atom. The van der Waals surface area contributed by atoms with Gasteiger partial charge in [0.25, 0.3) is 0 Å². The van der Waals surface area contributed by atoms with Gasteiger partial charge in [0.2, 0.25) is 0 Å². The van der Waals surface area contributed by atoms with E-state index in [-0.39, 0.29) is 13.2 Å². The summed E-state index contributed by atoms with van der Waals surface area (Å²) in [6.45, 7) is -3.89. The zero-order valence-corrected chi connectivity index (χ0v) is 20.6. The molecule has 0 bridgehead atoms. The fraction of sp³-hybridized carbons (Fsp3) is 1.00. The van der Waals surface area contributed by atoms with E-state index in [1.165, 1.54) is 4.74 Å². The molecule has 0 saturated carbocycles. The van der Waals surface area contributed by atoms with Crippen molar-refractivity contribution in [1.82, 2.24) is 0 Å². The zero-order chi connectivity index (χ0) is 36.4. The van der Waals surface area contributed by atoms with Crippen LogP contribution in [-0.4, -0.2) is 92.9 Å². The quantitative estimate of drug-likeness (QED) is 0.182. The van der Waals surface area contributed by atoms with E-state index in [0.717, 1.165) is 11.7 Å². The second-order valence-electron chi connectivity index (χ2n) is 9.14. The molecular formula is C17H11F23O5. The molecule has 0 aromatic carbocycles. The highest BCUT2D eigenvalue weighted by Crippen LogP contribution is 2.59. The van der Waals surface area contributed by atoms with E-state index in [0.29, 0.717) is 0 Å². The molecule has 1 fully saturated rings. The SMILES string of the molecule is CC1(COCC(F)(OC(F)(F)C(F)(OC(F)(F)C(F)(OC(F)(F)C(F)(F)C(F)(F)F)C(F)(F)F)C(F)(F)F)C(F)(F)F)COC1. The Morgan fingerprint density at radius 3 is 1.13 bits per heavy atom. The van der Waals surface area contributed by atoms with Crippen LogP contribution in [0.5, 0.6) is 0 Å². The van der Waals surface area contributed by atoms with Gasteiger partial charge in [-0.05, 0) is 0 Å². The van der Waals surface area contributed by atoms with Gasteiger partial charge in [0.05, 0.1) is 19.8 Å². The summed E-state index contributed by atoms with van der Waals surface area (Å²) < 4.78 is 318. The van der Waals surface area contributed by atoms with Crippen LogP contribution in [0.3, 0.4) is 0 Å². The molecule has 0 radical (unpaired) electrons. The van der Waals surface area contributed by atoms with Crippen molar-refractivity contribution in [3.63, 3.8) is 0 Å². The van der Waals surface area contributed by atoms with Gasteiger partial charge in [-0.2, -0.15) is 101 Å². The van der Waals surface area contributed by atoms with Gasteiger partial charge in [0.15, 0.2) is 0 Å². The number of ether oxygens (including phenoxy) is 5. The van der Waals surface area contributed by atoms with Gasteiger partial charge in [-0.3, -0.25) is 14.2 Å². The van der Waals surface area contributed by atoms with Crippen LogP contribution in [0.15, 0.2) is 0 Å². The van der Waals surface area contributed by atoms with Crippen LogP contribution in [0, 0.1) is 5.41 Å². The van der Waals surface area contributed by atoms with Crippen molar-refractivity contribution in [2.24, 2.45) is 5.41 Å². The van der Waals surface area contributed by atoms with Crippen LogP contribution in [0.2, 0.25) is 0 Å². The van der Waals surface area contributed by atoms with Gasteiger partial charge in [-0.1, -0.05) is 6.92 Å². The molecule has 28 heteroatoms. The molecular weight excluding hydrogens is 721 g/mol. The summed E-state index contributed by atoms with van der Waals surface area (Å²) in [5, 5.41) is 0. The molecule has 3 atom stereocenters. The zero-order valence-electron chi connectivity index (χ0n) is 20.6. The molecule has 0 aromatic heterocycles. The lowest BCUT2D eigenvalue weighted by molar-refractivity contribution is -0.580. The second kappa shape index (κ2) is 11.4. The Balaban J connectivity index is 3.69. The molecule has 1 aliphatic heterocycles. The molecule has 0 spiro atoms. The minimum atomic E-state index is -8.67. The summed E-state index contributed by atoms with van der Waals surface area (Å²) in [4.78, 5) is 0. The Morgan fingerprint density at radius 1 is 0.489 bits per heavy atom. The summed E-state index contributed by atoms with van der Waals surface area (Å²) in [5.74, 6) is -31.7. The van der Waals surface area contributed by atoms with Crippen molar-refractivity contribution in [3.8, 4) is 0 Å². The highest BCUT2D eigenvalue weighted by molar-refractivity contribution is 4.97. The van der Waals surface area contributed by atoms with Crippen LogP contribution >= 0.6 is 0 Å². The normalized spacial score (nSPS) is 21.9. The highest BCUT2D eigenvalue weighted by Gasteiger charge is 2.88. The second-order valence-corrected chi connectivity index (χ2v) is 9.14. The third-order valence-corrected chi connectivity index (χ3v) is 5.09. The molecule has 0 amide bonds. The summed E-state index contributed by atoms with van der Waals surface area (Å²) in [7, 11) is 0. The van der Waals surface area contributed by atoms with Gasteiger partial charge in [0, 0.05) is 5.41 Å². The number of alkyl halides is 23. The predicted molar refractivity (Wildman–Crippen MR) is 88.5 cm³/mol. The molecule has 0 aliphatic carbocycles. The van der Waals surface area contributed by atoms with Crippen molar-refractivity contribution in [3.05, 3.63) is 0 Å². The topological polar surface area (TPSA) is 46.2 Å². The van der Waals surface area contributed by atoms with Crippen molar-refractivity contribution in [2.45, 2.75) is 73.4 Å². The standard InChI is InChI=1S/C17H11F23O5/c1-6(2-41-3-6)4-42-5-7(18,11(23,24)25)43-16(37,38)9(21,13(29,30)31)45-17(39,40)10(22,14(32,33)34)44-15(35,36)8(19,20)12(26,27)28/h2-5H2,1H3. The fourth-order valence-corrected chi connectivity index (χ4v) is 2.61. The summed E-state index contributed by atoms with van der Waals surface area (Å²) in [5.41, 5.74) is -1.33. The predicted octanol–water partition coefficient (Wildman–Crippen LogP) is 7.75. The molecule has 1 rings (SSSR count). The molecule has 0 N–H and O–H groups in total. The molecule has 1 heterocycles. The first-order valence-electron chi connectivity index (χ1n) is 10.4. The van der Waals surface area contributed by atoms with E-state index in [4.69, 9.17) is 0 Å². The van der Waals surface area contributed by atoms with E-state index >= 15 is 0 Å². The first kappa shape index (κ1) is 41.2. The van der Waals surface area contributed by atoms with Gasteiger partial charge in [0.1, 0.15) is 6.61 Å². The number of hydrogen-bond donors (Lipinski definition) is 0. The Labute approximate surface area is 231 Å². The van der Waals surface area contributed by atoms with Gasteiger partial charge < -0.3 is 9.47 Å². The lowest BCUT2D eigenvalue weighted by Crippen LogP contribution is -2.70. The molecule has 3 unspecified atom stereocenters. The van der Waals surface area contributed by atoms with Gasteiger partial charge in [-0.25, -0.2) is 0 Å². The first-order valence-corrected chi connectivity index (χ1v) is 10.4. The highest BCUT2D eigenvalue weighted by atomic mass is 19.4. The average Bonchev–Trinajstić information content (AvgIpc) is 2.73. The number of halogens is 23. The van der Waals surface area contributed by atoms with Crippen molar-refractivity contribution >= 4 is 0 Å². The molecule has 1 saturated heterocycles. The molecule has 270 valence electrons. The van der Waals surface area contributed by atoms with E-state index < -0.39 is 85.1 Å². The Kier molecular flexibility index (Phi) is 10.5. The summed E-state index contributed by atoms with van der Waals surface area (Å²) in [6.07, 6.45) is -56.7. The maximum absolute atomic E-state index is 14.4. The van der Waals surface area contributed by atoms with Crippen molar-refractivity contribution < 1.29 is 125 Å². The monoisotopic (exact) mass is 732 g/mol. The van der Waals surface area contributed by atoms with Crippen LogP contribution < -0.4 is 0 Å². The van der Waals surface area contributed by atoms with E-state index in [2.05, 4.69) is 9.47 Å². The van der Waals surface area contributed by atoms with Crippen LogP contribution in [-0.2, 0) is 23.7 Å². The molecule has 45 heavy (non-hydrogen) atoms. The van der Waals surface area contributed by atoms with Crippen LogP contribution in [0.1, 0.15) is 6.92 Å². The van der Waals surface area contributed by atoms with E-state index in [1.54, 1.807) is 0 Å². The number of rotatable bonds is 13. The molecule has 5 nitrogen and oxygen atoms in total. The lowest BCUT2D eigenvalue weighted by Gasteiger charge is -2.43. The largest absolute Gasteiger partial charge is 0.462 e. The van der Waals surface area contributed by atoms with Crippen LogP contribution in [0.25, 0.3) is 0 Å². The Hall–Kier alpha value is -1.81. The van der Waals surface area contributed by atoms with Crippen molar-refractivity contribution in [2.75, 3.05) is 26.4 Å². The molecule has 0 aromatic rings. The molecule has 1 aliphatic rings. The van der Waals surface area contributed by atoms with Crippen molar-refractivity contribution in [1.29, 1.82) is 0 Å². The minimum absolute atomic E-state index is 0.389. The summed E-state index contributed by atoms with van der Waals surface area (Å²) in [6, 6.07) is 0. The first-order chi connectivity index (χ1) is 19.3. The maximum atomic E-state index is 14.4. The lowest BCUT2D eigenvalue weighted by atomic mass is 9.90. The number of hydrogen-bond acceptors (Lipinski definition) is 5. The van der Waals surface area contributed by atoms with Gasteiger partial charge >= 0.3 is 66.5 Å². The van der Waals surface area contributed by atoms with Crippen LogP contribution in [0.4, 0.5) is 101 Å². The fourth-order valence-electron chi connectivity index (χ4n) is 2.61. The average molecular weight is 732 g/mol. The smallest absolute Gasteiger partial charge is 0.380 e. The van der Waals surface area contributed by atoms with Gasteiger partial charge in [-0.15, -0.1) is 0 Å². The van der Waals surface area contributed by atoms with E-state index in [9.17, 15) is 101 Å². The Bertz CT molecular complexity index is 1030. The van der Waals surface area contributed by atoms with E-state index in [1.807, 2.05) is 4.74 Å². The summed E-state index contributed by atoms with van der Waals surface area (Å²) >= 11 is 0. The minimum Gasteiger partial charge on any atom is -0.380 e. The third-order valence-electron chi connectivity index (χ3n) is 5.09.